The lowest BCUT2D eigenvalue weighted by Gasteiger charge is -2.39. The molecule has 0 aliphatic heterocycles. The Labute approximate surface area is 330 Å². The highest BCUT2D eigenvalue weighted by Gasteiger charge is 2.45. The maximum atomic E-state index is 2.57. The van der Waals surface area contributed by atoms with Gasteiger partial charge in [-0.15, -0.1) is 0 Å². The van der Waals surface area contributed by atoms with Crippen LogP contribution in [-0.4, -0.2) is 0 Å². The van der Waals surface area contributed by atoms with Gasteiger partial charge in [-0.25, -0.2) is 0 Å². The van der Waals surface area contributed by atoms with Gasteiger partial charge in [0.15, 0.2) is 0 Å². The van der Waals surface area contributed by atoms with Crippen molar-refractivity contribution in [3.63, 3.8) is 0 Å². The molecule has 0 amide bonds. The molecule has 8 rings (SSSR count). The van der Waals surface area contributed by atoms with E-state index < -0.39 is 5.41 Å². The van der Waals surface area contributed by atoms with Gasteiger partial charge in [0.05, 0.1) is 5.41 Å². The lowest BCUT2D eigenvalue weighted by Crippen LogP contribution is -2.33. The van der Waals surface area contributed by atoms with Gasteiger partial charge >= 0.3 is 0 Å². The van der Waals surface area contributed by atoms with Gasteiger partial charge in [-0.3, -0.25) is 0 Å². The minimum atomic E-state index is -0.454. The van der Waals surface area contributed by atoms with Crippen molar-refractivity contribution >= 4 is 12.2 Å². The van der Waals surface area contributed by atoms with Crippen molar-refractivity contribution in [2.24, 2.45) is 0 Å². The number of aryl methyl sites for hydroxylation is 4. The number of allylic oxidation sites excluding steroid dienone is 2. The monoisotopic (exact) mass is 716 g/mol. The number of fused-ring (bicyclic) bond motifs is 2. The summed E-state index contributed by atoms with van der Waals surface area (Å²) in [7, 11) is 0. The highest BCUT2D eigenvalue weighted by molar-refractivity contribution is 5.88. The second kappa shape index (κ2) is 13.5. The third kappa shape index (κ3) is 6.44. The van der Waals surface area contributed by atoms with Crippen LogP contribution in [0.4, 0.5) is 0 Å². The maximum Gasteiger partial charge on any atom is 0.0634 e. The Bertz CT molecular complexity index is 2320. The summed E-state index contributed by atoms with van der Waals surface area (Å²) in [6, 6.07) is 46.9. The Balaban J connectivity index is 1.36. The van der Waals surface area contributed by atoms with E-state index in [-0.39, 0.29) is 10.8 Å². The second-order valence-corrected chi connectivity index (χ2v) is 18.5. The van der Waals surface area contributed by atoms with E-state index in [9.17, 15) is 0 Å². The highest BCUT2D eigenvalue weighted by Crippen LogP contribution is 2.54. The van der Waals surface area contributed by atoms with Crippen LogP contribution in [0.2, 0.25) is 0 Å². The predicted octanol–water partition coefficient (Wildman–Crippen LogP) is 14.4. The molecule has 0 heteroatoms. The highest BCUT2D eigenvalue weighted by atomic mass is 14.5. The molecule has 6 aromatic carbocycles. The van der Waals surface area contributed by atoms with Crippen LogP contribution in [0.5, 0.6) is 0 Å². The van der Waals surface area contributed by atoms with Crippen LogP contribution in [0.1, 0.15) is 108 Å². The Morgan fingerprint density at radius 3 is 1.09 bits per heavy atom. The summed E-state index contributed by atoms with van der Waals surface area (Å²) in [5.41, 5.74) is 24.1. The average Bonchev–Trinajstić information content (AvgIpc) is 3.78. The topological polar surface area (TPSA) is 0 Å². The second-order valence-electron chi connectivity index (χ2n) is 18.5. The lowest BCUT2D eigenvalue weighted by atomic mass is 9.63. The minimum Gasteiger partial charge on any atom is -0.0613 e. The molecule has 0 radical (unpaired) electrons. The molecule has 0 heterocycles. The SMILES string of the molecule is Cc1ccc(C(C2=Cc3c(cccc3-c3ccc(C(C)(C)C)cc3C)C2)(C2=Cc3c(cccc3-c3ccc(C(C)(C)C)cc3C)C2)c2ccc(C)cc2)cc1. The van der Waals surface area contributed by atoms with E-state index in [1.807, 2.05) is 0 Å². The van der Waals surface area contributed by atoms with Gasteiger partial charge in [0.2, 0.25) is 0 Å². The number of hydrogen-bond donors (Lipinski definition) is 0. The van der Waals surface area contributed by atoms with Crippen molar-refractivity contribution in [1.82, 2.24) is 0 Å². The first-order valence-electron chi connectivity index (χ1n) is 20.2. The first kappa shape index (κ1) is 36.8. The Morgan fingerprint density at radius 1 is 0.382 bits per heavy atom. The van der Waals surface area contributed by atoms with Crippen molar-refractivity contribution < 1.29 is 0 Å². The predicted molar refractivity (Wildman–Crippen MR) is 237 cm³/mol. The van der Waals surface area contributed by atoms with Gasteiger partial charge in [-0.1, -0.05) is 186 Å². The first-order chi connectivity index (χ1) is 26.1. The van der Waals surface area contributed by atoms with Crippen LogP contribution in [-0.2, 0) is 29.1 Å². The van der Waals surface area contributed by atoms with Crippen LogP contribution in [0, 0.1) is 27.7 Å². The molecule has 2 aliphatic carbocycles. The molecule has 6 aromatic rings. The third-order valence-corrected chi connectivity index (χ3v) is 12.5. The van der Waals surface area contributed by atoms with Gasteiger partial charge in [-0.2, -0.15) is 0 Å². The smallest absolute Gasteiger partial charge is 0.0613 e. The van der Waals surface area contributed by atoms with Gasteiger partial charge in [0, 0.05) is 0 Å². The zero-order chi connectivity index (χ0) is 38.9. The minimum absolute atomic E-state index is 0.109. The van der Waals surface area contributed by atoms with E-state index >= 15 is 0 Å². The summed E-state index contributed by atoms with van der Waals surface area (Å²) >= 11 is 0. The zero-order valence-electron chi connectivity index (χ0n) is 34.6. The summed E-state index contributed by atoms with van der Waals surface area (Å²) in [5.74, 6) is 0. The molecule has 0 bridgehead atoms. The largest absolute Gasteiger partial charge is 0.0634 e. The molecular weight excluding hydrogens is 661 g/mol. The number of benzene rings is 6. The molecule has 0 nitrogen and oxygen atoms in total. The van der Waals surface area contributed by atoms with Crippen molar-refractivity contribution in [2.45, 2.75) is 98.3 Å². The maximum absolute atomic E-state index is 2.57. The van der Waals surface area contributed by atoms with E-state index in [2.05, 4.69) is 203 Å². The van der Waals surface area contributed by atoms with Gasteiger partial charge in [0.25, 0.3) is 0 Å². The molecule has 2 aliphatic rings. The van der Waals surface area contributed by atoms with Gasteiger partial charge < -0.3 is 0 Å². The van der Waals surface area contributed by atoms with E-state index in [0.29, 0.717) is 0 Å². The van der Waals surface area contributed by atoms with Crippen molar-refractivity contribution in [2.75, 3.05) is 0 Å². The van der Waals surface area contributed by atoms with Crippen LogP contribution in [0.15, 0.2) is 132 Å². The summed E-state index contributed by atoms with van der Waals surface area (Å²) in [6.07, 6.45) is 6.94. The molecule has 0 atom stereocenters. The van der Waals surface area contributed by atoms with E-state index in [4.69, 9.17) is 0 Å². The molecule has 0 saturated carbocycles. The van der Waals surface area contributed by atoms with E-state index in [0.717, 1.165) is 12.8 Å². The quantitative estimate of drug-likeness (QED) is 0.161. The molecule has 276 valence electrons. The number of rotatable bonds is 6. The first-order valence-corrected chi connectivity index (χ1v) is 20.2. The van der Waals surface area contributed by atoms with Crippen LogP contribution >= 0.6 is 0 Å². The standard InChI is InChI=1S/C55H56/c1-35-17-21-41(22-18-35)55(42-23-19-36(2)20-24-42,45-31-39-13-11-15-49(51(39)33-45)47-27-25-43(29-37(47)3)53(5,6)7)46-32-40-14-12-16-50(52(40)34-46)48-28-26-44(30-38(48)4)54(8,9)10/h11-30,33-34H,31-32H2,1-10H3. The summed E-state index contributed by atoms with van der Waals surface area (Å²) < 4.78 is 0. The summed E-state index contributed by atoms with van der Waals surface area (Å²) in [5, 5.41) is 0. The Hall–Kier alpha value is -5.20. The fraction of sp³-hybridized carbons (Fsp3) is 0.273. The van der Waals surface area contributed by atoms with E-state index in [1.54, 1.807) is 0 Å². The van der Waals surface area contributed by atoms with E-state index in [1.165, 1.54) is 100 Å². The molecule has 55 heavy (non-hydrogen) atoms. The molecule has 0 spiro atoms. The Morgan fingerprint density at radius 2 is 0.745 bits per heavy atom. The van der Waals surface area contributed by atoms with Crippen LogP contribution < -0.4 is 0 Å². The molecule has 0 saturated heterocycles. The fourth-order valence-electron chi connectivity index (χ4n) is 9.27. The van der Waals surface area contributed by atoms with Crippen LogP contribution in [0.3, 0.4) is 0 Å². The molecule has 0 unspecified atom stereocenters. The number of hydrogen-bond acceptors (Lipinski definition) is 0. The summed E-state index contributed by atoms with van der Waals surface area (Å²) in [4.78, 5) is 0. The van der Waals surface area contributed by atoms with Gasteiger partial charge in [-0.05, 0) is 140 Å². The zero-order valence-corrected chi connectivity index (χ0v) is 34.6. The molecule has 0 aromatic heterocycles. The average molecular weight is 717 g/mol. The molecule has 0 fully saturated rings. The fourth-order valence-corrected chi connectivity index (χ4v) is 9.27. The molecule has 0 N–H and O–H groups in total. The normalized spacial score (nSPS) is 14.1. The van der Waals surface area contributed by atoms with Crippen LogP contribution in [0.25, 0.3) is 34.4 Å². The summed E-state index contributed by atoms with van der Waals surface area (Å²) in [6.45, 7) is 22.8. The molecular formula is C55H56. The lowest BCUT2D eigenvalue weighted by molar-refractivity contribution is 0.589. The van der Waals surface area contributed by atoms with Crippen molar-refractivity contribution in [3.8, 4) is 22.3 Å². The van der Waals surface area contributed by atoms with Gasteiger partial charge in [0.1, 0.15) is 0 Å². The van der Waals surface area contributed by atoms with Crippen molar-refractivity contribution in [3.05, 3.63) is 199 Å². The van der Waals surface area contributed by atoms with Crippen molar-refractivity contribution in [1.29, 1.82) is 0 Å². The Kier molecular flexibility index (Phi) is 9.04. The third-order valence-electron chi connectivity index (χ3n) is 12.5.